The molecular weight excluding hydrogens is 328 g/mol. The maximum absolute atomic E-state index is 5.13. The minimum absolute atomic E-state index is 0.548. The van der Waals surface area contributed by atoms with Crippen LogP contribution in [-0.2, 0) is 0 Å². The summed E-state index contributed by atoms with van der Waals surface area (Å²) < 4.78 is 5.13. The van der Waals surface area contributed by atoms with Gasteiger partial charge in [0, 0.05) is 35.4 Å². The predicted molar refractivity (Wildman–Crippen MR) is 102 cm³/mol. The molecule has 1 aromatic carbocycles. The zero-order valence-electron chi connectivity index (χ0n) is 14.7. The van der Waals surface area contributed by atoms with E-state index in [1.54, 1.807) is 12.4 Å². The fourth-order valence-corrected chi connectivity index (χ4v) is 2.78. The average Bonchev–Trinajstić information content (AvgIpc) is 3.10. The van der Waals surface area contributed by atoms with E-state index in [4.69, 9.17) is 4.52 Å². The second-order valence-electron chi connectivity index (χ2n) is 6.06. The second-order valence-corrected chi connectivity index (χ2v) is 6.06. The van der Waals surface area contributed by atoms with Gasteiger partial charge in [0.2, 0.25) is 5.95 Å². The minimum Gasteiger partial charge on any atom is -0.373 e. The molecule has 3 aromatic heterocycles. The van der Waals surface area contributed by atoms with Crippen LogP contribution in [0, 0.1) is 13.8 Å². The van der Waals surface area contributed by atoms with Crippen molar-refractivity contribution in [2.24, 2.45) is 0 Å². The number of fused-ring (bicyclic) bond motifs is 1. The molecule has 0 bridgehead atoms. The van der Waals surface area contributed by atoms with Crippen LogP contribution in [0.4, 0.5) is 17.5 Å². The molecule has 0 aliphatic rings. The van der Waals surface area contributed by atoms with Crippen molar-refractivity contribution in [3.8, 4) is 11.3 Å². The molecule has 26 heavy (non-hydrogen) atoms. The van der Waals surface area contributed by atoms with Crippen LogP contribution in [0.15, 0.2) is 47.2 Å². The molecule has 7 heteroatoms. The first-order valence-corrected chi connectivity index (χ1v) is 8.24. The Hall–Kier alpha value is -3.48. The molecule has 3 heterocycles. The number of rotatable bonds is 4. The van der Waals surface area contributed by atoms with Crippen molar-refractivity contribution in [1.82, 2.24) is 20.1 Å². The molecule has 0 unspecified atom stereocenters. The Balaban J connectivity index is 1.71. The van der Waals surface area contributed by atoms with E-state index >= 15 is 0 Å². The molecule has 0 atom stereocenters. The fraction of sp³-hybridized carbons (Fsp3) is 0.158. The van der Waals surface area contributed by atoms with Gasteiger partial charge in [-0.3, -0.25) is 4.98 Å². The van der Waals surface area contributed by atoms with E-state index in [-0.39, 0.29) is 0 Å². The van der Waals surface area contributed by atoms with Gasteiger partial charge in [-0.1, -0.05) is 11.2 Å². The highest BCUT2D eigenvalue weighted by Gasteiger charge is 2.09. The predicted octanol–water partition coefficient (Wildman–Crippen LogP) is 4.08. The van der Waals surface area contributed by atoms with Crippen molar-refractivity contribution in [3.05, 3.63) is 54.0 Å². The van der Waals surface area contributed by atoms with Gasteiger partial charge in [0.15, 0.2) is 5.58 Å². The van der Waals surface area contributed by atoms with E-state index in [1.807, 2.05) is 44.3 Å². The molecule has 0 saturated carbocycles. The highest BCUT2D eigenvalue weighted by Crippen LogP contribution is 2.28. The van der Waals surface area contributed by atoms with E-state index < -0.39 is 0 Å². The third-order valence-corrected chi connectivity index (χ3v) is 4.12. The highest BCUT2D eigenvalue weighted by atomic mass is 16.5. The number of anilines is 3. The zero-order chi connectivity index (χ0) is 18.1. The summed E-state index contributed by atoms with van der Waals surface area (Å²) in [5.74, 6) is 1.32. The maximum Gasteiger partial charge on any atom is 0.229 e. The normalized spacial score (nSPS) is 10.9. The van der Waals surface area contributed by atoms with E-state index in [1.165, 1.54) is 0 Å². The monoisotopic (exact) mass is 346 g/mol. The van der Waals surface area contributed by atoms with Gasteiger partial charge in [-0.15, -0.1) is 0 Å². The summed E-state index contributed by atoms with van der Waals surface area (Å²) in [7, 11) is 1.84. The van der Waals surface area contributed by atoms with E-state index in [9.17, 15) is 0 Å². The largest absolute Gasteiger partial charge is 0.373 e. The van der Waals surface area contributed by atoms with Crippen molar-refractivity contribution in [1.29, 1.82) is 0 Å². The van der Waals surface area contributed by atoms with Crippen LogP contribution in [0.3, 0.4) is 0 Å². The number of benzene rings is 1. The molecule has 4 rings (SSSR count). The standard InChI is InChI=1S/C19H18N6O/c1-11-4-5-14(24-19-23-12(2)6-18(20-3)25-19)8-15(11)16-7-13-9-22-26-17(13)10-21-16/h4-10H,1-3H3,(H2,20,23,24,25). The van der Waals surface area contributed by atoms with Crippen molar-refractivity contribution in [3.63, 3.8) is 0 Å². The summed E-state index contributed by atoms with van der Waals surface area (Å²) >= 11 is 0. The molecule has 7 nitrogen and oxygen atoms in total. The Kier molecular flexibility index (Phi) is 3.96. The van der Waals surface area contributed by atoms with Gasteiger partial charge in [-0.25, -0.2) is 4.98 Å². The van der Waals surface area contributed by atoms with Crippen LogP contribution < -0.4 is 10.6 Å². The van der Waals surface area contributed by atoms with Crippen LogP contribution in [0.1, 0.15) is 11.3 Å². The van der Waals surface area contributed by atoms with Crippen LogP contribution in [-0.4, -0.2) is 27.2 Å². The molecular formula is C19H18N6O. The summed E-state index contributed by atoms with van der Waals surface area (Å²) in [6, 6.07) is 9.96. The summed E-state index contributed by atoms with van der Waals surface area (Å²) in [5.41, 5.74) is 5.47. The van der Waals surface area contributed by atoms with E-state index in [0.717, 1.165) is 39.4 Å². The SMILES string of the molecule is CNc1cc(C)nc(Nc2ccc(C)c(-c3cc4cnoc4cn3)c2)n1. The molecule has 0 amide bonds. The molecule has 0 radical (unpaired) electrons. The third-order valence-electron chi connectivity index (χ3n) is 4.12. The Morgan fingerprint density at radius 3 is 2.73 bits per heavy atom. The van der Waals surface area contributed by atoms with Crippen LogP contribution in [0.5, 0.6) is 0 Å². The van der Waals surface area contributed by atoms with Crippen molar-refractivity contribution in [2.45, 2.75) is 13.8 Å². The zero-order valence-corrected chi connectivity index (χ0v) is 14.7. The van der Waals surface area contributed by atoms with E-state index in [0.29, 0.717) is 11.5 Å². The van der Waals surface area contributed by atoms with Crippen LogP contribution in [0.2, 0.25) is 0 Å². The van der Waals surface area contributed by atoms with E-state index in [2.05, 4.69) is 37.7 Å². The lowest BCUT2D eigenvalue weighted by atomic mass is 10.0. The first kappa shape index (κ1) is 16.0. The number of aromatic nitrogens is 4. The molecule has 130 valence electrons. The fourth-order valence-electron chi connectivity index (χ4n) is 2.78. The number of hydrogen-bond acceptors (Lipinski definition) is 7. The molecule has 0 fully saturated rings. The topological polar surface area (TPSA) is 88.8 Å². The summed E-state index contributed by atoms with van der Waals surface area (Å²) in [4.78, 5) is 13.4. The Morgan fingerprint density at radius 2 is 1.88 bits per heavy atom. The Bertz CT molecular complexity index is 1090. The van der Waals surface area contributed by atoms with Crippen LogP contribution >= 0.6 is 0 Å². The molecule has 0 saturated heterocycles. The van der Waals surface area contributed by atoms with Gasteiger partial charge in [0.05, 0.1) is 18.1 Å². The molecule has 0 spiro atoms. The van der Waals surface area contributed by atoms with Crippen molar-refractivity contribution >= 4 is 28.4 Å². The number of pyridine rings is 1. The van der Waals surface area contributed by atoms with Gasteiger partial charge >= 0.3 is 0 Å². The number of nitrogens with zero attached hydrogens (tertiary/aromatic N) is 4. The first-order chi connectivity index (χ1) is 12.6. The first-order valence-electron chi connectivity index (χ1n) is 8.24. The molecule has 0 aliphatic heterocycles. The third kappa shape index (κ3) is 3.06. The van der Waals surface area contributed by atoms with Gasteiger partial charge < -0.3 is 15.2 Å². The second kappa shape index (κ2) is 6.44. The number of hydrogen-bond donors (Lipinski definition) is 2. The number of aryl methyl sites for hydroxylation is 2. The average molecular weight is 346 g/mol. The Labute approximate surface area is 150 Å². The quantitative estimate of drug-likeness (QED) is 0.575. The molecule has 4 aromatic rings. The molecule has 0 aliphatic carbocycles. The van der Waals surface area contributed by atoms with Crippen molar-refractivity contribution in [2.75, 3.05) is 17.7 Å². The summed E-state index contributed by atoms with van der Waals surface area (Å²) in [5, 5.41) is 11.0. The smallest absolute Gasteiger partial charge is 0.229 e. The lowest BCUT2D eigenvalue weighted by molar-refractivity contribution is 0.455. The van der Waals surface area contributed by atoms with Crippen LogP contribution in [0.25, 0.3) is 22.2 Å². The van der Waals surface area contributed by atoms with Gasteiger partial charge in [0.25, 0.3) is 0 Å². The summed E-state index contributed by atoms with van der Waals surface area (Å²) in [6.45, 7) is 3.99. The van der Waals surface area contributed by atoms with Gasteiger partial charge in [-0.05, 0) is 37.6 Å². The van der Waals surface area contributed by atoms with Gasteiger partial charge in [-0.2, -0.15) is 4.98 Å². The maximum atomic E-state index is 5.13. The molecule has 2 N–H and O–H groups in total. The highest BCUT2D eigenvalue weighted by molar-refractivity contribution is 5.81. The lowest BCUT2D eigenvalue weighted by Gasteiger charge is -2.11. The summed E-state index contributed by atoms with van der Waals surface area (Å²) in [6.07, 6.45) is 3.39. The Morgan fingerprint density at radius 1 is 1.00 bits per heavy atom. The lowest BCUT2D eigenvalue weighted by Crippen LogP contribution is -2.02. The van der Waals surface area contributed by atoms with Gasteiger partial charge in [0.1, 0.15) is 5.82 Å². The minimum atomic E-state index is 0.548. The number of nitrogens with one attached hydrogen (secondary N) is 2. The van der Waals surface area contributed by atoms with Crippen molar-refractivity contribution < 1.29 is 4.52 Å².